The minimum absolute atomic E-state index is 0. The Morgan fingerprint density at radius 1 is 0.857 bits per heavy atom. The molecule has 0 bridgehead atoms. The minimum atomic E-state index is -1.91. The number of hydrogen-bond acceptors (Lipinski definition) is 3. The number of nitrogens with zero attached hydrogens (tertiary/aromatic N) is 1. The molecule has 0 radical (unpaired) electrons. The van der Waals surface area contributed by atoms with Crippen LogP contribution in [-0.2, 0) is 14.5 Å². The molecular formula is C21H14Cl3NO2S. The number of anilines is 1. The molecule has 28 heavy (non-hydrogen) atoms. The van der Waals surface area contributed by atoms with Crippen molar-refractivity contribution in [3.8, 4) is 0 Å². The van der Waals surface area contributed by atoms with Crippen molar-refractivity contribution in [3.63, 3.8) is 0 Å². The van der Waals surface area contributed by atoms with E-state index >= 15 is 0 Å². The van der Waals surface area contributed by atoms with E-state index in [-0.39, 0.29) is 17.4 Å². The normalized spacial score (nSPS) is 19.6. The van der Waals surface area contributed by atoms with Crippen molar-refractivity contribution in [2.75, 3.05) is 4.90 Å². The highest BCUT2D eigenvalue weighted by atomic mass is 35.5. The maximum absolute atomic E-state index is 13.6. The lowest BCUT2D eigenvalue weighted by molar-refractivity contribution is -0.129. The molecular weight excluding hydrogens is 437 g/mol. The molecule has 0 saturated carbocycles. The molecule has 4 rings (SSSR count). The van der Waals surface area contributed by atoms with Crippen molar-refractivity contribution in [1.29, 1.82) is 0 Å². The van der Waals surface area contributed by atoms with Gasteiger partial charge in [0, 0.05) is 5.69 Å². The lowest BCUT2D eigenvalue weighted by Crippen LogP contribution is -2.52. The van der Waals surface area contributed by atoms with Crippen molar-refractivity contribution < 1.29 is 9.59 Å². The summed E-state index contributed by atoms with van der Waals surface area (Å²) in [7, 11) is 0. The third-order valence-corrected chi connectivity index (χ3v) is 6.16. The van der Waals surface area contributed by atoms with Gasteiger partial charge < -0.3 is 0 Å². The Hall–Kier alpha value is -2.11. The highest BCUT2D eigenvalue weighted by molar-refractivity contribution is 7.11. The molecule has 1 aliphatic heterocycles. The summed E-state index contributed by atoms with van der Waals surface area (Å²) in [6, 6.07) is 21.3. The standard InChI is InChI=1S/C21H13Cl2NO2S.ClH/c22-17-18(16-12-7-13-27-16)24(15-10-5-2-6-11-15)20(26)21(23,19(17)25)14-8-3-1-4-9-14;/h1-13H;1H. The quantitative estimate of drug-likeness (QED) is 0.372. The van der Waals surface area contributed by atoms with Crippen LogP contribution >= 0.6 is 46.9 Å². The van der Waals surface area contributed by atoms with Gasteiger partial charge >= 0.3 is 0 Å². The average Bonchev–Trinajstić information content (AvgIpc) is 3.24. The fourth-order valence-corrected chi connectivity index (χ4v) is 4.59. The van der Waals surface area contributed by atoms with Crippen molar-refractivity contribution in [3.05, 3.63) is 93.6 Å². The van der Waals surface area contributed by atoms with E-state index in [4.69, 9.17) is 23.2 Å². The number of alkyl halides is 1. The number of halogens is 3. The predicted molar refractivity (Wildman–Crippen MR) is 117 cm³/mol. The zero-order valence-corrected chi connectivity index (χ0v) is 17.5. The first-order chi connectivity index (χ1) is 13.0. The van der Waals surface area contributed by atoms with Gasteiger partial charge in [-0.1, -0.05) is 77.8 Å². The Labute approximate surface area is 182 Å². The van der Waals surface area contributed by atoms with Crippen LogP contribution in [0.5, 0.6) is 0 Å². The molecule has 142 valence electrons. The maximum atomic E-state index is 13.6. The predicted octanol–water partition coefficient (Wildman–Crippen LogP) is 5.83. The van der Waals surface area contributed by atoms with Crippen molar-refractivity contribution in [2.45, 2.75) is 4.87 Å². The van der Waals surface area contributed by atoms with Crippen LogP contribution in [-0.4, -0.2) is 11.7 Å². The summed E-state index contributed by atoms with van der Waals surface area (Å²) < 4.78 is 0. The number of benzene rings is 2. The maximum Gasteiger partial charge on any atom is 0.265 e. The van der Waals surface area contributed by atoms with E-state index in [2.05, 4.69) is 0 Å². The van der Waals surface area contributed by atoms with Gasteiger partial charge in [-0.15, -0.1) is 23.7 Å². The second-order valence-corrected chi connectivity index (χ2v) is 7.86. The number of carbonyl (C=O) groups is 2. The molecule has 0 saturated heterocycles. The summed E-state index contributed by atoms with van der Waals surface area (Å²) in [6.07, 6.45) is 0. The fourth-order valence-electron chi connectivity index (χ4n) is 3.09. The molecule has 0 aliphatic carbocycles. The fraction of sp³-hybridized carbons (Fsp3) is 0.0476. The average molecular weight is 451 g/mol. The first-order valence-corrected chi connectivity index (χ1v) is 9.81. The van der Waals surface area contributed by atoms with Crippen LogP contribution < -0.4 is 4.90 Å². The zero-order valence-electron chi connectivity index (χ0n) is 14.3. The molecule has 2 heterocycles. The van der Waals surface area contributed by atoms with Crippen molar-refractivity contribution >= 4 is 70.0 Å². The number of rotatable bonds is 3. The summed E-state index contributed by atoms with van der Waals surface area (Å²) in [5.41, 5.74) is 1.35. The Morgan fingerprint density at radius 2 is 1.46 bits per heavy atom. The molecule has 1 unspecified atom stereocenters. The Bertz CT molecular complexity index is 1040. The topological polar surface area (TPSA) is 37.4 Å². The number of thiophene rings is 1. The SMILES string of the molecule is Cl.O=C1C(Cl)=C(c2cccs2)N(c2ccccc2)C(=O)C1(Cl)c1ccccc1. The third-order valence-electron chi connectivity index (χ3n) is 4.38. The third kappa shape index (κ3) is 3.16. The molecule has 7 heteroatoms. The lowest BCUT2D eigenvalue weighted by Gasteiger charge is -2.38. The molecule has 2 aromatic carbocycles. The van der Waals surface area contributed by atoms with E-state index < -0.39 is 16.6 Å². The molecule has 1 aliphatic rings. The van der Waals surface area contributed by atoms with Crippen LogP contribution in [0.1, 0.15) is 10.4 Å². The van der Waals surface area contributed by atoms with Crippen molar-refractivity contribution in [2.24, 2.45) is 0 Å². The lowest BCUT2D eigenvalue weighted by atomic mass is 9.87. The molecule has 1 atom stereocenters. The number of allylic oxidation sites excluding steroid dienone is 1. The molecule has 0 spiro atoms. The molecule has 1 aromatic heterocycles. The number of hydrogen-bond donors (Lipinski definition) is 0. The van der Waals surface area contributed by atoms with Gasteiger partial charge in [-0.2, -0.15) is 0 Å². The summed E-state index contributed by atoms with van der Waals surface area (Å²) in [5.74, 6) is -1.16. The van der Waals surface area contributed by atoms with E-state index in [1.54, 1.807) is 42.5 Å². The van der Waals surface area contributed by atoms with Crippen LogP contribution in [0.25, 0.3) is 5.70 Å². The van der Waals surface area contributed by atoms with Gasteiger partial charge in [0.25, 0.3) is 5.91 Å². The Kier molecular flexibility index (Phi) is 5.96. The van der Waals surface area contributed by atoms with Gasteiger partial charge in [0.2, 0.25) is 10.7 Å². The largest absolute Gasteiger partial charge is 0.290 e. The molecule has 0 N–H and O–H groups in total. The number of carbonyl (C=O) groups excluding carboxylic acids is 2. The van der Waals surface area contributed by atoms with Gasteiger partial charge in [0.15, 0.2) is 0 Å². The molecule has 3 nitrogen and oxygen atoms in total. The van der Waals surface area contributed by atoms with Crippen molar-refractivity contribution in [1.82, 2.24) is 0 Å². The monoisotopic (exact) mass is 449 g/mol. The van der Waals surface area contributed by atoms with E-state index in [9.17, 15) is 9.59 Å². The first kappa shape index (κ1) is 20.6. The summed E-state index contributed by atoms with van der Waals surface area (Å²) in [6.45, 7) is 0. The van der Waals surface area contributed by atoms with Crippen LogP contribution in [0.4, 0.5) is 5.69 Å². The number of para-hydroxylation sites is 1. The number of ketones is 1. The van der Waals surface area contributed by atoms with E-state index in [0.717, 1.165) is 4.88 Å². The first-order valence-electron chi connectivity index (χ1n) is 8.17. The Morgan fingerprint density at radius 3 is 2.04 bits per heavy atom. The second-order valence-electron chi connectivity index (χ2n) is 5.97. The highest BCUT2D eigenvalue weighted by Crippen LogP contribution is 2.46. The van der Waals surface area contributed by atoms with Crippen LogP contribution in [0, 0.1) is 0 Å². The van der Waals surface area contributed by atoms with E-state index in [0.29, 0.717) is 16.9 Å². The summed E-state index contributed by atoms with van der Waals surface area (Å²) in [5, 5.41) is 1.81. The van der Waals surface area contributed by atoms with Gasteiger partial charge in [-0.25, -0.2) is 0 Å². The number of Topliss-reactive ketones (excluding diaryl/α,β-unsaturated/α-hetero) is 1. The molecule has 3 aromatic rings. The van der Waals surface area contributed by atoms with Crippen LogP contribution in [0.3, 0.4) is 0 Å². The van der Waals surface area contributed by atoms with Gasteiger partial charge in [-0.3, -0.25) is 14.5 Å². The number of amides is 1. The summed E-state index contributed by atoms with van der Waals surface area (Å²) in [4.78, 5) is 27.0. The summed E-state index contributed by atoms with van der Waals surface area (Å²) >= 11 is 14.6. The van der Waals surface area contributed by atoms with Gasteiger partial charge in [0.05, 0.1) is 10.6 Å². The highest BCUT2D eigenvalue weighted by Gasteiger charge is 2.54. The van der Waals surface area contributed by atoms with Crippen LogP contribution in [0.15, 0.2) is 83.2 Å². The minimum Gasteiger partial charge on any atom is -0.290 e. The van der Waals surface area contributed by atoms with E-state index in [1.807, 2.05) is 35.7 Å². The van der Waals surface area contributed by atoms with Gasteiger partial charge in [0.1, 0.15) is 5.03 Å². The second kappa shape index (κ2) is 8.10. The molecule has 1 amide bonds. The smallest absolute Gasteiger partial charge is 0.265 e. The Balaban J connectivity index is 0.00000225. The van der Waals surface area contributed by atoms with E-state index in [1.165, 1.54) is 16.2 Å². The molecule has 0 fully saturated rings. The van der Waals surface area contributed by atoms with Gasteiger partial charge in [-0.05, 0) is 29.1 Å². The van der Waals surface area contributed by atoms with Crippen LogP contribution in [0.2, 0.25) is 0 Å². The zero-order chi connectivity index (χ0) is 19.0.